The molecule has 1 N–H and O–H groups in total. The summed E-state index contributed by atoms with van der Waals surface area (Å²) in [4.78, 5) is 0. The first-order valence-corrected chi connectivity index (χ1v) is 5.33. The fourth-order valence-electron chi connectivity index (χ4n) is 1.87. The van der Waals surface area contributed by atoms with Gasteiger partial charge in [0, 0.05) is 17.8 Å². The molecule has 2 atom stereocenters. The highest BCUT2D eigenvalue weighted by Crippen LogP contribution is 2.40. The predicted octanol–water partition coefficient (Wildman–Crippen LogP) is 0.891. The Morgan fingerprint density at radius 3 is 3.09 bits per heavy atom. The van der Waals surface area contributed by atoms with Crippen LogP contribution in [0.3, 0.4) is 0 Å². The molecule has 2 unspecified atom stereocenters. The van der Waals surface area contributed by atoms with Crippen LogP contribution in [0.5, 0.6) is 0 Å². The first-order valence-electron chi connectivity index (χ1n) is 4.17. The van der Waals surface area contributed by atoms with Crippen LogP contribution in [0.4, 0.5) is 0 Å². The summed E-state index contributed by atoms with van der Waals surface area (Å²) in [5.74, 6) is 2.21. The van der Waals surface area contributed by atoms with Gasteiger partial charge in [-0.1, -0.05) is 0 Å². The number of hydrogen-bond donors (Lipinski definition) is 1. The minimum Gasteiger partial charge on any atom is -0.392 e. The van der Waals surface area contributed by atoms with Crippen LogP contribution in [-0.2, 0) is 4.74 Å². The van der Waals surface area contributed by atoms with Gasteiger partial charge in [0.15, 0.2) is 0 Å². The van der Waals surface area contributed by atoms with E-state index in [4.69, 9.17) is 4.74 Å². The minimum absolute atomic E-state index is 0.105. The van der Waals surface area contributed by atoms with E-state index >= 15 is 0 Å². The Balaban J connectivity index is 2.07. The van der Waals surface area contributed by atoms with E-state index in [1.165, 1.54) is 0 Å². The number of aliphatic hydroxyl groups is 1. The molecule has 0 saturated carbocycles. The molecule has 64 valence electrons. The van der Waals surface area contributed by atoms with E-state index in [0.717, 1.165) is 37.6 Å². The molecule has 0 aromatic rings. The Morgan fingerprint density at radius 2 is 2.45 bits per heavy atom. The summed E-state index contributed by atoms with van der Waals surface area (Å²) in [6.07, 6.45) is 1.90. The third-order valence-corrected chi connectivity index (χ3v) is 4.07. The van der Waals surface area contributed by atoms with Crippen LogP contribution < -0.4 is 0 Å². The summed E-state index contributed by atoms with van der Waals surface area (Å²) in [5.41, 5.74) is 0.128. The molecule has 0 amide bonds. The standard InChI is InChI=1S/C8H14O2S/c9-7-1-4-11-6-8(7)2-3-10-5-8/h7,9H,1-6H2. The quantitative estimate of drug-likeness (QED) is 0.591. The third kappa shape index (κ3) is 1.30. The van der Waals surface area contributed by atoms with Crippen molar-refractivity contribution in [3.63, 3.8) is 0 Å². The van der Waals surface area contributed by atoms with Crippen molar-refractivity contribution in [1.82, 2.24) is 0 Å². The SMILES string of the molecule is OC1CCSCC12CCOC2. The van der Waals surface area contributed by atoms with Crippen molar-refractivity contribution in [2.45, 2.75) is 18.9 Å². The lowest BCUT2D eigenvalue weighted by Gasteiger charge is -2.36. The van der Waals surface area contributed by atoms with Gasteiger partial charge in [0.1, 0.15) is 0 Å². The molecule has 2 rings (SSSR count). The third-order valence-electron chi connectivity index (χ3n) is 2.77. The molecule has 0 aliphatic carbocycles. The smallest absolute Gasteiger partial charge is 0.0635 e. The van der Waals surface area contributed by atoms with Crippen LogP contribution >= 0.6 is 11.8 Å². The van der Waals surface area contributed by atoms with Crippen molar-refractivity contribution in [2.24, 2.45) is 5.41 Å². The average Bonchev–Trinajstić information content (AvgIpc) is 2.46. The number of rotatable bonds is 0. The maximum atomic E-state index is 9.77. The summed E-state index contributed by atoms with van der Waals surface area (Å²) >= 11 is 1.95. The van der Waals surface area contributed by atoms with Gasteiger partial charge in [-0.2, -0.15) is 11.8 Å². The zero-order valence-electron chi connectivity index (χ0n) is 6.58. The number of aliphatic hydroxyl groups excluding tert-OH is 1. The van der Waals surface area contributed by atoms with E-state index in [1.807, 2.05) is 11.8 Å². The van der Waals surface area contributed by atoms with Crippen LogP contribution in [0.1, 0.15) is 12.8 Å². The van der Waals surface area contributed by atoms with E-state index in [9.17, 15) is 5.11 Å². The zero-order valence-corrected chi connectivity index (χ0v) is 7.40. The van der Waals surface area contributed by atoms with Crippen LogP contribution in [-0.4, -0.2) is 35.9 Å². The highest BCUT2D eigenvalue weighted by atomic mass is 32.2. The molecule has 2 saturated heterocycles. The molecule has 0 aromatic carbocycles. The minimum atomic E-state index is -0.105. The van der Waals surface area contributed by atoms with Crippen molar-refractivity contribution in [3.05, 3.63) is 0 Å². The van der Waals surface area contributed by atoms with E-state index in [1.54, 1.807) is 0 Å². The lowest BCUT2D eigenvalue weighted by molar-refractivity contribution is 0.0253. The van der Waals surface area contributed by atoms with Crippen molar-refractivity contribution in [3.8, 4) is 0 Å². The van der Waals surface area contributed by atoms with E-state index in [2.05, 4.69) is 0 Å². The molecule has 1 spiro atoms. The summed E-state index contributed by atoms with van der Waals surface area (Å²) in [6.45, 7) is 1.62. The molecule has 2 heterocycles. The van der Waals surface area contributed by atoms with E-state index < -0.39 is 0 Å². The van der Waals surface area contributed by atoms with Crippen LogP contribution in [0.15, 0.2) is 0 Å². The van der Waals surface area contributed by atoms with Gasteiger partial charge in [-0.3, -0.25) is 0 Å². The Hall–Kier alpha value is 0.270. The van der Waals surface area contributed by atoms with Gasteiger partial charge in [-0.25, -0.2) is 0 Å². The zero-order chi connectivity index (χ0) is 7.73. The Morgan fingerprint density at radius 1 is 1.55 bits per heavy atom. The Bertz CT molecular complexity index is 143. The molecule has 2 aliphatic rings. The first kappa shape index (κ1) is 7.90. The highest BCUT2D eigenvalue weighted by molar-refractivity contribution is 7.99. The summed E-state index contributed by atoms with van der Waals surface area (Å²) < 4.78 is 5.33. The molecule has 0 radical (unpaired) electrons. The lowest BCUT2D eigenvalue weighted by atomic mass is 9.82. The average molecular weight is 174 g/mol. The molecule has 2 aliphatic heterocycles. The van der Waals surface area contributed by atoms with Gasteiger partial charge in [0.05, 0.1) is 12.7 Å². The Labute approximate surface area is 71.3 Å². The maximum Gasteiger partial charge on any atom is 0.0635 e. The number of hydrogen-bond acceptors (Lipinski definition) is 3. The van der Waals surface area contributed by atoms with Gasteiger partial charge < -0.3 is 9.84 Å². The fraction of sp³-hybridized carbons (Fsp3) is 1.00. The fourth-order valence-corrected chi connectivity index (χ4v) is 3.23. The van der Waals surface area contributed by atoms with Gasteiger partial charge >= 0.3 is 0 Å². The van der Waals surface area contributed by atoms with Crippen LogP contribution in [0.2, 0.25) is 0 Å². The number of thioether (sulfide) groups is 1. The van der Waals surface area contributed by atoms with Crippen LogP contribution in [0, 0.1) is 5.41 Å². The largest absolute Gasteiger partial charge is 0.392 e. The topological polar surface area (TPSA) is 29.5 Å². The maximum absolute atomic E-state index is 9.77. The predicted molar refractivity (Wildman–Crippen MR) is 45.8 cm³/mol. The van der Waals surface area contributed by atoms with Crippen molar-refractivity contribution in [2.75, 3.05) is 24.7 Å². The molecular weight excluding hydrogens is 160 g/mol. The second-order valence-electron chi connectivity index (χ2n) is 3.52. The molecule has 2 nitrogen and oxygen atoms in total. The summed E-state index contributed by atoms with van der Waals surface area (Å²) in [7, 11) is 0. The molecule has 2 fully saturated rings. The lowest BCUT2D eigenvalue weighted by Crippen LogP contribution is -2.41. The summed E-state index contributed by atoms with van der Waals surface area (Å²) in [5, 5.41) is 9.77. The van der Waals surface area contributed by atoms with E-state index in [0.29, 0.717) is 0 Å². The highest BCUT2D eigenvalue weighted by Gasteiger charge is 2.43. The summed E-state index contributed by atoms with van der Waals surface area (Å²) in [6, 6.07) is 0. The van der Waals surface area contributed by atoms with Gasteiger partial charge in [0.25, 0.3) is 0 Å². The molecule has 3 heteroatoms. The normalized spacial score (nSPS) is 45.0. The van der Waals surface area contributed by atoms with Crippen molar-refractivity contribution in [1.29, 1.82) is 0 Å². The second-order valence-corrected chi connectivity index (χ2v) is 4.63. The monoisotopic (exact) mass is 174 g/mol. The molecular formula is C8H14O2S. The molecule has 0 aromatic heterocycles. The van der Waals surface area contributed by atoms with Crippen molar-refractivity contribution >= 4 is 11.8 Å². The first-order chi connectivity index (χ1) is 5.33. The van der Waals surface area contributed by atoms with Crippen LogP contribution in [0.25, 0.3) is 0 Å². The van der Waals surface area contributed by atoms with Gasteiger partial charge in [-0.15, -0.1) is 0 Å². The molecule has 11 heavy (non-hydrogen) atoms. The van der Waals surface area contributed by atoms with Crippen molar-refractivity contribution < 1.29 is 9.84 Å². The molecule has 0 bridgehead atoms. The van der Waals surface area contributed by atoms with Gasteiger partial charge in [-0.05, 0) is 18.6 Å². The number of ether oxygens (including phenoxy) is 1. The Kier molecular flexibility index (Phi) is 2.12. The second kappa shape index (κ2) is 2.96. The van der Waals surface area contributed by atoms with Gasteiger partial charge in [0.2, 0.25) is 0 Å². The van der Waals surface area contributed by atoms with E-state index in [-0.39, 0.29) is 11.5 Å².